The Morgan fingerprint density at radius 3 is 1.62 bits per heavy atom. The molecule has 7 rings (SSSR count). The molecule has 58 heavy (non-hydrogen) atoms. The molecule has 0 saturated carbocycles. The van der Waals surface area contributed by atoms with E-state index in [0.29, 0.717) is 12.2 Å². The zero-order valence-corrected chi connectivity index (χ0v) is 33.3. The van der Waals surface area contributed by atoms with Crippen LogP contribution in [0, 0.1) is 5.41 Å². The first kappa shape index (κ1) is 39.6. The minimum absolute atomic E-state index is 0.0679. The number of aromatic amines is 1. The van der Waals surface area contributed by atoms with Crippen LogP contribution in [0.4, 0.5) is 0 Å². The van der Waals surface area contributed by atoms with Crippen LogP contribution >= 0.6 is 0 Å². The predicted molar refractivity (Wildman–Crippen MR) is 229 cm³/mol. The van der Waals surface area contributed by atoms with Gasteiger partial charge in [0.25, 0.3) is 0 Å². The molecule has 0 spiro atoms. The SMILES string of the molecule is CCCCC(=O)N(Cc1ccc(-c2ccccc2-c2nn[nH]n2)cc1)[C@](Cc1ccccc1)(C(=O)O)C(C)(C)C(c1ccccc1)(c1ccccc1)c1ccccc1. The number of carboxylic acids is 1. The molecular formula is C50H49N5O3. The Bertz CT molecular complexity index is 2310. The Morgan fingerprint density at radius 1 is 0.638 bits per heavy atom. The van der Waals surface area contributed by atoms with Gasteiger partial charge < -0.3 is 10.0 Å². The third-order valence-corrected chi connectivity index (χ3v) is 11.9. The molecule has 1 aromatic heterocycles. The summed E-state index contributed by atoms with van der Waals surface area (Å²) in [7, 11) is 0. The largest absolute Gasteiger partial charge is 0.479 e. The molecule has 0 saturated heterocycles. The molecule has 7 aromatic rings. The fourth-order valence-corrected chi connectivity index (χ4v) is 9.04. The summed E-state index contributed by atoms with van der Waals surface area (Å²) in [6, 6.07) is 56.1. The van der Waals surface area contributed by atoms with E-state index >= 15 is 4.79 Å². The van der Waals surface area contributed by atoms with Crippen LogP contribution < -0.4 is 0 Å². The van der Waals surface area contributed by atoms with Crippen molar-refractivity contribution in [3.05, 3.63) is 198 Å². The normalized spacial score (nSPS) is 12.7. The van der Waals surface area contributed by atoms with Gasteiger partial charge >= 0.3 is 5.97 Å². The van der Waals surface area contributed by atoms with E-state index in [4.69, 9.17) is 0 Å². The van der Waals surface area contributed by atoms with E-state index in [2.05, 4.69) is 70.9 Å². The second kappa shape index (κ2) is 17.2. The standard InChI is InChI=1S/C50H49N5O3/c1-4-5-30-45(56)55(36-38-31-33-39(34-32-38)43-28-18-19-29-44(43)46-51-53-54-52-46)49(47(57)58,35-37-20-10-6-11-21-37)48(2,3)50(40-22-12-7-13-23-40,41-24-14-8-15-25-41)42-26-16-9-17-27-42/h6-29,31-34H,4-5,30,35-36H2,1-3H3,(H,57,58)(H,51,52,53,54)/t49-/m1/s1. The average molecular weight is 768 g/mol. The molecule has 0 aliphatic heterocycles. The van der Waals surface area contributed by atoms with Gasteiger partial charge in [0, 0.05) is 30.4 Å². The van der Waals surface area contributed by atoms with Gasteiger partial charge in [-0.2, -0.15) is 5.21 Å². The van der Waals surface area contributed by atoms with Crippen LogP contribution in [0.5, 0.6) is 0 Å². The number of benzene rings is 6. The van der Waals surface area contributed by atoms with Crippen LogP contribution in [0.1, 0.15) is 67.9 Å². The predicted octanol–water partition coefficient (Wildman–Crippen LogP) is 10.2. The number of carboxylic acid groups (broad SMARTS) is 1. The Labute approximate surface area is 340 Å². The fourth-order valence-electron chi connectivity index (χ4n) is 9.04. The van der Waals surface area contributed by atoms with Crippen molar-refractivity contribution >= 4 is 11.9 Å². The van der Waals surface area contributed by atoms with Crippen molar-refractivity contribution in [1.29, 1.82) is 0 Å². The molecule has 0 aliphatic rings. The van der Waals surface area contributed by atoms with Crippen LogP contribution in [0.15, 0.2) is 170 Å². The number of hydrogen-bond donors (Lipinski definition) is 2. The van der Waals surface area contributed by atoms with Crippen molar-refractivity contribution in [2.24, 2.45) is 5.41 Å². The Morgan fingerprint density at radius 2 is 1.14 bits per heavy atom. The number of aliphatic carboxylic acids is 1. The second-order valence-electron chi connectivity index (χ2n) is 15.4. The van der Waals surface area contributed by atoms with Gasteiger partial charge in [-0.25, -0.2) is 4.79 Å². The van der Waals surface area contributed by atoms with Crippen LogP contribution in [-0.4, -0.2) is 48.0 Å². The van der Waals surface area contributed by atoms with Crippen LogP contribution in [0.2, 0.25) is 0 Å². The van der Waals surface area contributed by atoms with Crippen molar-refractivity contribution in [2.75, 3.05) is 0 Å². The number of nitrogens with one attached hydrogen (secondary N) is 1. The molecule has 8 nitrogen and oxygen atoms in total. The molecule has 0 aliphatic carbocycles. The maximum Gasteiger partial charge on any atom is 0.330 e. The summed E-state index contributed by atoms with van der Waals surface area (Å²) in [5.74, 6) is -0.785. The first-order valence-corrected chi connectivity index (χ1v) is 19.9. The van der Waals surface area contributed by atoms with Gasteiger partial charge in [-0.3, -0.25) is 4.79 Å². The molecule has 1 amide bonds. The lowest BCUT2D eigenvalue weighted by Gasteiger charge is -2.59. The molecular weight excluding hydrogens is 719 g/mol. The van der Waals surface area contributed by atoms with Crippen LogP contribution in [-0.2, 0) is 28.0 Å². The summed E-state index contributed by atoms with van der Waals surface area (Å²) in [5, 5.41) is 27.0. The highest BCUT2D eigenvalue weighted by Crippen LogP contribution is 2.59. The first-order chi connectivity index (χ1) is 28.2. The quantitative estimate of drug-likeness (QED) is 0.0947. The third-order valence-electron chi connectivity index (χ3n) is 11.9. The molecule has 0 radical (unpaired) electrons. The van der Waals surface area contributed by atoms with E-state index in [9.17, 15) is 9.90 Å². The van der Waals surface area contributed by atoms with Gasteiger partial charge in [0.05, 0.1) is 5.41 Å². The molecule has 0 bridgehead atoms. The van der Waals surface area contributed by atoms with E-state index < -0.39 is 22.3 Å². The number of tetrazole rings is 1. The van der Waals surface area contributed by atoms with Crippen molar-refractivity contribution in [3.8, 4) is 22.5 Å². The van der Waals surface area contributed by atoms with Gasteiger partial charge in [0.2, 0.25) is 11.7 Å². The molecule has 292 valence electrons. The molecule has 6 aromatic carbocycles. The van der Waals surface area contributed by atoms with Crippen molar-refractivity contribution in [1.82, 2.24) is 25.5 Å². The maximum atomic E-state index is 15.1. The highest BCUT2D eigenvalue weighted by atomic mass is 16.4. The Kier molecular flexibility index (Phi) is 11.7. The number of rotatable bonds is 16. The minimum Gasteiger partial charge on any atom is -0.479 e. The average Bonchev–Trinajstić information content (AvgIpc) is 3.81. The van der Waals surface area contributed by atoms with Crippen molar-refractivity contribution < 1.29 is 14.7 Å². The van der Waals surface area contributed by atoms with Gasteiger partial charge in [-0.1, -0.05) is 197 Å². The maximum absolute atomic E-state index is 15.1. The smallest absolute Gasteiger partial charge is 0.330 e. The number of hydrogen-bond acceptors (Lipinski definition) is 5. The van der Waals surface area contributed by atoms with Crippen molar-refractivity contribution in [2.45, 2.75) is 64.0 Å². The number of carbonyl (C=O) groups is 2. The molecule has 0 fully saturated rings. The highest BCUT2D eigenvalue weighted by Gasteiger charge is 2.66. The van der Waals surface area contributed by atoms with Crippen molar-refractivity contribution in [3.63, 3.8) is 0 Å². The monoisotopic (exact) mass is 767 g/mol. The summed E-state index contributed by atoms with van der Waals surface area (Å²) in [6.45, 7) is 6.23. The fraction of sp³-hybridized carbons (Fsp3) is 0.220. The number of H-pyrrole nitrogens is 1. The molecule has 1 heterocycles. The zero-order chi connectivity index (χ0) is 40.6. The molecule has 0 unspecified atom stereocenters. The third kappa shape index (κ3) is 7.22. The van der Waals surface area contributed by atoms with Gasteiger partial charge in [-0.05, 0) is 50.6 Å². The summed E-state index contributed by atoms with van der Waals surface area (Å²) < 4.78 is 0. The van der Waals surface area contributed by atoms with E-state index in [1.807, 2.05) is 140 Å². The summed E-state index contributed by atoms with van der Waals surface area (Å²) in [6.07, 6.45) is 1.70. The number of unbranched alkanes of at least 4 members (excludes halogenated alkanes) is 1. The number of nitrogens with zero attached hydrogens (tertiary/aromatic N) is 4. The number of carbonyl (C=O) groups excluding carboxylic acids is 1. The van der Waals surface area contributed by atoms with Crippen LogP contribution in [0.25, 0.3) is 22.5 Å². The molecule has 8 heteroatoms. The summed E-state index contributed by atoms with van der Waals surface area (Å²) >= 11 is 0. The van der Waals surface area contributed by atoms with E-state index in [1.54, 1.807) is 4.90 Å². The van der Waals surface area contributed by atoms with E-state index in [1.165, 1.54) is 0 Å². The van der Waals surface area contributed by atoms with Gasteiger partial charge in [0.1, 0.15) is 0 Å². The Balaban J connectivity index is 1.48. The number of aromatic nitrogens is 4. The summed E-state index contributed by atoms with van der Waals surface area (Å²) in [4.78, 5) is 31.8. The molecule has 2 N–H and O–H groups in total. The van der Waals surface area contributed by atoms with E-state index in [-0.39, 0.29) is 25.3 Å². The van der Waals surface area contributed by atoms with Gasteiger partial charge in [0.15, 0.2) is 5.54 Å². The lowest BCUT2D eigenvalue weighted by atomic mass is 9.47. The first-order valence-electron chi connectivity index (χ1n) is 19.9. The topological polar surface area (TPSA) is 112 Å². The Hall–Kier alpha value is -6.67. The highest BCUT2D eigenvalue weighted by molar-refractivity contribution is 5.89. The molecule has 1 atom stereocenters. The lowest BCUT2D eigenvalue weighted by Crippen LogP contribution is -2.71. The second-order valence-corrected chi connectivity index (χ2v) is 15.4. The summed E-state index contributed by atoms with van der Waals surface area (Å²) in [5.41, 5.74) is 3.03. The van der Waals surface area contributed by atoms with E-state index in [0.717, 1.165) is 50.9 Å². The van der Waals surface area contributed by atoms with Gasteiger partial charge in [-0.15, -0.1) is 10.2 Å². The number of amides is 1. The zero-order valence-electron chi connectivity index (χ0n) is 33.3. The van der Waals surface area contributed by atoms with Crippen LogP contribution in [0.3, 0.4) is 0 Å². The lowest BCUT2D eigenvalue weighted by molar-refractivity contribution is -0.174. The minimum atomic E-state index is -1.80.